The predicted octanol–water partition coefficient (Wildman–Crippen LogP) is 2.51. The van der Waals surface area contributed by atoms with E-state index >= 15 is 0 Å². The minimum Gasteiger partial charge on any atom is -0.352 e. The lowest BCUT2D eigenvalue weighted by atomic mass is 10.3. The third kappa shape index (κ3) is 2.70. The summed E-state index contributed by atoms with van der Waals surface area (Å²) in [7, 11) is 0. The summed E-state index contributed by atoms with van der Waals surface area (Å²) in [5, 5.41) is 8.48. The van der Waals surface area contributed by atoms with Crippen molar-refractivity contribution in [3.05, 3.63) is 10.4 Å². The van der Waals surface area contributed by atoms with Crippen molar-refractivity contribution in [2.24, 2.45) is 0 Å². The first-order valence-corrected chi connectivity index (χ1v) is 6.93. The van der Waals surface area contributed by atoms with Crippen LogP contribution >= 0.6 is 35.0 Å². The molecule has 1 saturated heterocycles. The summed E-state index contributed by atoms with van der Waals surface area (Å²) in [6, 6.07) is 0. The van der Waals surface area contributed by atoms with Crippen molar-refractivity contribution in [3.63, 3.8) is 0 Å². The van der Waals surface area contributed by atoms with E-state index in [0.29, 0.717) is 16.2 Å². The summed E-state index contributed by atoms with van der Waals surface area (Å²) >= 11 is 13.7. The number of anilines is 1. The molecular weight excluding hydrogens is 267 g/mol. The van der Waals surface area contributed by atoms with Crippen LogP contribution in [0.25, 0.3) is 0 Å². The Balaban J connectivity index is 2.19. The van der Waals surface area contributed by atoms with Gasteiger partial charge in [-0.25, -0.2) is 0 Å². The Morgan fingerprint density at radius 2 is 2.25 bits per heavy atom. The largest absolute Gasteiger partial charge is 0.352 e. The number of halogens is 2. The molecular formula is C9H12Cl2N4S. The maximum Gasteiger partial charge on any atom is 0.245 e. The number of hydrogen-bond acceptors (Lipinski definition) is 5. The van der Waals surface area contributed by atoms with Crippen LogP contribution in [-0.2, 0) is 0 Å². The maximum absolute atomic E-state index is 5.98. The van der Waals surface area contributed by atoms with Gasteiger partial charge in [0.25, 0.3) is 0 Å². The fourth-order valence-electron chi connectivity index (χ4n) is 1.65. The molecule has 7 heteroatoms. The molecule has 2 rings (SSSR count). The zero-order chi connectivity index (χ0) is 11.5. The van der Waals surface area contributed by atoms with Crippen LogP contribution in [0.4, 0.5) is 5.82 Å². The lowest BCUT2D eigenvalue weighted by Crippen LogP contribution is -2.38. The van der Waals surface area contributed by atoms with E-state index < -0.39 is 0 Å². The third-order valence-corrected chi connectivity index (χ3v) is 4.27. The molecule has 1 aromatic heterocycles. The second-order valence-corrected chi connectivity index (χ2v) is 5.65. The Labute approximate surface area is 109 Å². The average Bonchev–Trinajstić information content (AvgIpc) is 2.32. The lowest BCUT2D eigenvalue weighted by molar-refractivity contribution is 0.714. The molecule has 0 N–H and O–H groups in total. The third-order valence-electron chi connectivity index (χ3n) is 2.50. The Hall–Kier alpha value is -0.260. The van der Waals surface area contributed by atoms with Gasteiger partial charge >= 0.3 is 0 Å². The molecule has 0 aliphatic carbocycles. The molecule has 2 heterocycles. The van der Waals surface area contributed by atoms with Crippen molar-refractivity contribution in [2.45, 2.75) is 18.6 Å². The van der Waals surface area contributed by atoms with Gasteiger partial charge in [0.05, 0.1) is 0 Å². The molecule has 1 fully saturated rings. The first kappa shape index (κ1) is 12.2. The lowest BCUT2D eigenvalue weighted by Gasteiger charge is -2.32. The van der Waals surface area contributed by atoms with Crippen molar-refractivity contribution < 1.29 is 0 Å². The number of nitrogens with zero attached hydrogens (tertiary/aromatic N) is 4. The van der Waals surface area contributed by atoms with Crippen LogP contribution in [0.1, 0.15) is 13.3 Å². The van der Waals surface area contributed by atoms with Crippen LogP contribution in [0.5, 0.6) is 0 Å². The van der Waals surface area contributed by atoms with Gasteiger partial charge in [-0.1, -0.05) is 18.5 Å². The number of aromatic nitrogens is 3. The van der Waals surface area contributed by atoms with Gasteiger partial charge in [-0.05, 0) is 18.0 Å². The fraction of sp³-hybridized carbons (Fsp3) is 0.667. The van der Waals surface area contributed by atoms with Crippen LogP contribution < -0.4 is 4.90 Å². The predicted molar refractivity (Wildman–Crippen MR) is 68.6 cm³/mol. The minimum absolute atomic E-state index is 0.144. The topological polar surface area (TPSA) is 41.9 Å². The van der Waals surface area contributed by atoms with Crippen LogP contribution in [0.2, 0.25) is 10.4 Å². The molecule has 0 bridgehead atoms. The van der Waals surface area contributed by atoms with Gasteiger partial charge in [0.15, 0.2) is 11.0 Å². The highest BCUT2D eigenvalue weighted by Crippen LogP contribution is 2.28. The summed E-state index contributed by atoms with van der Waals surface area (Å²) in [6.07, 6.45) is 1.14. The molecule has 0 amide bonds. The Kier molecular flexibility index (Phi) is 4.10. The molecule has 1 atom stereocenters. The molecule has 16 heavy (non-hydrogen) atoms. The van der Waals surface area contributed by atoms with E-state index in [-0.39, 0.29) is 5.28 Å². The highest BCUT2D eigenvalue weighted by atomic mass is 35.5. The maximum atomic E-state index is 5.98. The van der Waals surface area contributed by atoms with Gasteiger partial charge < -0.3 is 4.90 Å². The van der Waals surface area contributed by atoms with Crippen molar-refractivity contribution in [1.82, 2.24) is 15.2 Å². The second kappa shape index (κ2) is 5.38. The second-order valence-electron chi connectivity index (χ2n) is 3.54. The quantitative estimate of drug-likeness (QED) is 0.832. The van der Waals surface area contributed by atoms with Crippen LogP contribution in [0.15, 0.2) is 0 Å². The van der Waals surface area contributed by atoms with Crippen molar-refractivity contribution in [1.29, 1.82) is 0 Å². The Morgan fingerprint density at radius 1 is 1.44 bits per heavy atom. The van der Waals surface area contributed by atoms with E-state index in [1.807, 2.05) is 11.8 Å². The fourth-order valence-corrected chi connectivity index (χ4v) is 3.14. The van der Waals surface area contributed by atoms with Gasteiger partial charge in [-0.15, -0.1) is 10.2 Å². The summed E-state index contributed by atoms with van der Waals surface area (Å²) in [4.78, 5) is 6.27. The van der Waals surface area contributed by atoms with Crippen molar-refractivity contribution in [3.8, 4) is 0 Å². The summed E-state index contributed by atoms with van der Waals surface area (Å²) < 4.78 is 0. The molecule has 0 aromatic carbocycles. The smallest absolute Gasteiger partial charge is 0.245 e. The molecule has 0 saturated carbocycles. The molecule has 1 aliphatic rings. The summed E-state index contributed by atoms with van der Waals surface area (Å²) in [6.45, 7) is 4.06. The van der Waals surface area contributed by atoms with Crippen LogP contribution in [-0.4, -0.2) is 39.3 Å². The number of thioether (sulfide) groups is 1. The molecule has 88 valence electrons. The molecule has 0 spiro atoms. The van der Waals surface area contributed by atoms with E-state index in [2.05, 4.69) is 27.0 Å². The number of rotatable bonds is 2. The van der Waals surface area contributed by atoms with Gasteiger partial charge in [0.1, 0.15) is 0 Å². The van der Waals surface area contributed by atoms with Gasteiger partial charge in [0.2, 0.25) is 5.28 Å². The molecule has 1 unspecified atom stereocenters. The number of hydrogen-bond donors (Lipinski definition) is 0. The molecule has 1 aliphatic heterocycles. The zero-order valence-electron chi connectivity index (χ0n) is 8.86. The minimum atomic E-state index is 0.144. The van der Waals surface area contributed by atoms with E-state index in [1.165, 1.54) is 0 Å². The van der Waals surface area contributed by atoms with Crippen LogP contribution in [0.3, 0.4) is 0 Å². The first-order chi connectivity index (χ1) is 7.70. The molecule has 4 nitrogen and oxygen atoms in total. The van der Waals surface area contributed by atoms with E-state index in [1.54, 1.807) is 0 Å². The summed E-state index contributed by atoms with van der Waals surface area (Å²) in [5.74, 6) is 1.73. The zero-order valence-corrected chi connectivity index (χ0v) is 11.2. The normalized spacial score (nSPS) is 21.2. The monoisotopic (exact) mass is 278 g/mol. The van der Waals surface area contributed by atoms with E-state index in [4.69, 9.17) is 23.2 Å². The van der Waals surface area contributed by atoms with Gasteiger partial charge in [-0.2, -0.15) is 16.7 Å². The molecule has 0 radical (unpaired) electrons. The highest BCUT2D eigenvalue weighted by Gasteiger charge is 2.22. The highest BCUT2D eigenvalue weighted by molar-refractivity contribution is 8.00. The average molecular weight is 279 g/mol. The SMILES string of the molecule is CCC1CN(c2nc(Cl)nnc2Cl)CCS1. The van der Waals surface area contributed by atoms with Crippen molar-refractivity contribution >= 4 is 40.8 Å². The van der Waals surface area contributed by atoms with Crippen LogP contribution in [0, 0.1) is 0 Å². The molecule has 1 aromatic rings. The van der Waals surface area contributed by atoms with Crippen molar-refractivity contribution in [2.75, 3.05) is 23.7 Å². The Morgan fingerprint density at radius 3 is 3.00 bits per heavy atom. The summed E-state index contributed by atoms with van der Waals surface area (Å²) in [5.41, 5.74) is 0. The van der Waals surface area contributed by atoms with E-state index in [0.717, 1.165) is 25.3 Å². The van der Waals surface area contributed by atoms with E-state index in [9.17, 15) is 0 Å². The Bertz CT molecular complexity index is 377. The first-order valence-electron chi connectivity index (χ1n) is 5.13. The standard InChI is InChI=1S/C9H12Cl2N4S/c1-2-6-5-15(3-4-16-6)8-7(10)13-14-9(11)12-8/h6H,2-5H2,1H3. The van der Waals surface area contributed by atoms with Gasteiger partial charge in [-0.3, -0.25) is 0 Å². The van der Waals surface area contributed by atoms with Gasteiger partial charge in [0, 0.05) is 24.1 Å².